The molecule has 0 unspecified atom stereocenters. The Kier molecular flexibility index (Phi) is 4.07. The maximum absolute atomic E-state index is 11.8. The zero-order chi connectivity index (χ0) is 12.8. The predicted molar refractivity (Wildman–Crippen MR) is 71.0 cm³/mol. The lowest BCUT2D eigenvalue weighted by atomic mass is 10.1. The van der Waals surface area contributed by atoms with Gasteiger partial charge >= 0.3 is 0 Å². The van der Waals surface area contributed by atoms with E-state index in [0.29, 0.717) is 13.0 Å². The van der Waals surface area contributed by atoms with Crippen molar-refractivity contribution in [2.75, 3.05) is 0 Å². The van der Waals surface area contributed by atoms with Crippen LogP contribution < -0.4 is 5.32 Å². The third kappa shape index (κ3) is 3.42. The van der Waals surface area contributed by atoms with Crippen molar-refractivity contribution in [1.82, 2.24) is 10.3 Å². The zero-order valence-electron chi connectivity index (χ0n) is 10.4. The summed E-state index contributed by atoms with van der Waals surface area (Å²) in [7, 11) is 0. The third-order valence-corrected chi connectivity index (χ3v) is 2.85. The summed E-state index contributed by atoms with van der Waals surface area (Å²) >= 11 is 0. The quantitative estimate of drug-likeness (QED) is 0.890. The Hall–Kier alpha value is -2.16. The summed E-state index contributed by atoms with van der Waals surface area (Å²) in [5, 5.41) is 2.93. The van der Waals surface area contributed by atoms with Gasteiger partial charge in [0.05, 0.1) is 6.42 Å². The van der Waals surface area contributed by atoms with E-state index < -0.39 is 0 Å². The average molecular weight is 240 g/mol. The number of carbonyl (C=O) groups excluding carboxylic acids is 1. The average Bonchev–Trinajstić information content (AvgIpc) is 2.39. The molecule has 0 aliphatic rings. The van der Waals surface area contributed by atoms with Crippen LogP contribution in [0.15, 0.2) is 48.8 Å². The van der Waals surface area contributed by atoms with E-state index in [2.05, 4.69) is 10.3 Å². The van der Waals surface area contributed by atoms with Gasteiger partial charge in [0.25, 0.3) is 0 Å². The lowest BCUT2D eigenvalue weighted by Crippen LogP contribution is -2.24. The zero-order valence-corrected chi connectivity index (χ0v) is 10.4. The molecule has 1 aromatic carbocycles. The predicted octanol–water partition coefficient (Wildman–Crippen LogP) is 2.25. The van der Waals surface area contributed by atoms with Crippen LogP contribution in [0.1, 0.15) is 16.7 Å². The standard InChI is InChI=1S/C15H16N2O/c1-12-4-2-3-5-14(12)11-17-15(18)10-13-6-8-16-9-7-13/h2-9H,10-11H2,1H3,(H,17,18). The molecular formula is C15H16N2O. The highest BCUT2D eigenvalue weighted by Gasteiger charge is 2.03. The fraction of sp³-hybridized carbons (Fsp3) is 0.200. The van der Waals surface area contributed by atoms with Crippen molar-refractivity contribution in [2.24, 2.45) is 0 Å². The first-order valence-corrected chi connectivity index (χ1v) is 5.96. The summed E-state index contributed by atoms with van der Waals surface area (Å²) in [6.45, 7) is 2.63. The highest BCUT2D eigenvalue weighted by molar-refractivity contribution is 5.78. The van der Waals surface area contributed by atoms with E-state index in [1.165, 1.54) is 5.56 Å². The van der Waals surface area contributed by atoms with Crippen molar-refractivity contribution in [2.45, 2.75) is 19.9 Å². The van der Waals surface area contributed by atoms with Gasteiger partial charge in [-0.15, -0.1) is 0 Å². The van der Waals surface area contributed by atoms with Crippen LogP contribution in [0.5, 0.6) is 0 Å². The lowest BCUT2D eigenvalue weighted by molar-refractivity contribution is -0.120. The summed E-state index contributed by atoms with van der Waals surface area (Å²) in [4.78, 5) is 15.7. The van der Waals surface area contributed by atoms with E-state index in [0.717, 1.165) is 11.1 Å². The van der Waals surface area contributed by atoms with Crippen LogP contribution in [0.3, 0.4) is 0 Å². The van der Waals surface area contributed by atoms with E-state index in [1.807, 2.05) is 43.3 Å². The number of amides is 1. The van der Waals surface area contributed by atoms with Crippen molar-refractivity contribution in [3.05, 3.63) is 65.5 Å². The van der Waals surface area contributed by atoms with Gasteiger partial charge in [-0.25, -0.2) is 0 Å². The molecule has 3 heteroatoms. The van der Waals surface area contributed by atoms with Crippen LogP contribution in [-0.4, -0.2) is 10.9 Å². The van der Waals surface area contributed by atoms with E-state index in [9.17, 15) is 4.79 Å². The topological polar surface area (TPSA) is 42.0 Å². The summed E-state index contributed by atoms with van der Waals surface area (Å²) in [6, 6.07) is 11.8. The summed E-state index contributed by atoms with van der Waals surface area (Å²) in [5.74, 6) is 0.0319. The van der Waals surface area contributed by atoms with Crippen LogP contribution >= 0.6 is 0 Å². The second-order valence-electron chi connectivity index (χ2n) is 4.24. The molecule has 0 fully saturated rings. The van der Waals surface area contributed by atoms with Crippen molar-refractivity contribution < 1.29 is 4.79 Å². The summed E-state index contributed by atoms with van der Waals surface area (Å²) in [6.07, 6.45) is 3.79. The maximum Gasteiger partial charge on any atom is 0.224 e. The highest BCUT2D eigenvalue weighted by atomic mass is 16.1. The first kappa shape index (κ1) is 12.3. The van der Waals surface area contributed by atoms with Crippen LogP contribution in [0.2, 0.25) is 0 Å². The van der Waals surface area contributed by atoms with Crippen LogP contribution in [-0.2, 0) is 17.8 Å². The lowest BCUT2D eigenvalue weighted by Gasteiger charge is -2.07. The van der Waals surface area contributed by atoms with Gasteiger partial charge in [-0.05, 0) is 35.7 Å². The summed E-state index contributed by atoms with van der Waals surface area (Å²) in [5.41, 5.74) is 3.33. The number of aryl methyl sites for hydroxylation is 1. The SMILES string of the molecule is Cc1ccccc1CNC(=O)Cc1ccncc1. The smallest absolute Gasteiger partial charge is 0.224 e. The Morgan fingerprint density at radius 2 is 1.89 bits per heavy atom. The molecule has 1 N–H and O–H groups in total. The number of hydrogen-bond acceptors (Lipinski definition) is 2. The number of aromatic nitrogens is 1. The van der Waals surface area contributed by atoms with Gasteiger partial charge in [0.2, 0.25) is 5.91 Å². The Morgan fingerprint density at radius 1 is 1.17 bits per heavy atom. The Bertz CT molecular complexity index is 523. The minimum atomic E-state index is 0.0319. The largest absolute Gasteiger partial charge is 0.352 e. The first-order chi connectivity index (χ1) is 8.75. The minimum absolute atomic E-state index is 0.0319. The molecule has 0 bridgehead atoms. The number of rotatable bonds is 4. The van der Waals surface area contributed by atoms with Gasteiger partial charge in [0.1, 0.15) is 0 Å². The second kappa shape index (κ2) is 5.96. The number of benzene rings is 1. The Morgan fingerprint density at radius 3 is 2.61 bits per heavy atom. The molecule has 1 heterocycles. The molecule has 0 radical (unpaired) electrons. The van der Waals surface area contributed by atoms with Gasteiger partial charge < -0.3 is 5.32 Å². The number of pyridine rings is 1. The molecule has 18 heavy (non-hydrogen) atoms. The van der Waals surface area contributed by atoms with Crippen molar-refractivity contribution >= 4 is 5.91 Å². The Balaban J connectivity index is 1.88. The summed E-state index contributed by atoms with van der Waals surface area (Å²) < 4.78 is 0. The fourth-order valence-electron chi connectivity index (χ4n) is 1.75. The van der Waals surface area contributed by atoms with Crippen molar-refractivity contribution in [3.8, 4) is 0 Å². The van der Waals surface area contributed by atoms with E-state index in [-0.39, 0.29) is 5.91 Å². The molecule has 0 saturated heterocycles. The molecule has 0 spiro atoms. The van der Waals surface area contributed by atoms with E-state index >= 15 is 0 Å². The molecule has 1 aromatic heterocycles. The van der Waals surface area contributed by atoms with Gasteiger partial charge in [0, 0.05) is 18.9 Å². The first-order valence-electron chi connectivity index (χ1n) is 5.96. The van der Waals surface area contributed by atoms with E-state index in [4.69, 9.17) is 0 Å². The molecule has 92 valence electrons. The third-order valence-electron chi connectivity index (χ3n) is 2.85. The molecule has 2 aromatic rings. The number of nitrogens with one attached hydrogen (secondary N) is 1. The molecule has 0 aliphatic heterocycles. The monoisotopic (exact) mass is 240 g/mol. The molecule has 3 nitrogen and oxygen atoms in total. The van der Waals surface area contributed by atoms with Crippen LogP contribution in [0.4, 0.5) is 0 Å². The minimum Gasteiger partial charge on any atom is -0.352 e. The fourth-order valence-corrected chi connectivity index (χ4v) is 1.75. The van der Waals surface area contributed by atoms with Gasteiger partial charge in [-0.1, -0.05) is 24.3 Å². The van der Waals surface area contributed by atoms with Gasteiger partial charge in [0.15, 0.2) is 0 Å². The van der Waals surface area contributed by atoms with E-state index in [1.54, 1.807) is 12.4 Å². The number of carbonyl (C=O) groups is 1. The van der Waals surface area contributed by atoms with Crippen LogP contribution in [0, 0.1) is 6.92 Å². The number of hydrogen-bond donors (Lipinski definition) is 1. The normalized spacial score (nSPS) is 10.1. The Labute approximate surface area is 107 Å². The van der Waals surface area contributed by atoms with Crippen LogP contribution in [0.25, 0.3) is 0 Å². The van der Waals surface area contributed by atoms with Gasteiger partial charge in [-0.3, -0.25) is 9.78 Å². The molecule has 0 saturated carbocycles. The molecule has 2 rings (SSSR count). The maximum atomic E-state index is 11.8. The second-order valence-corrected chi connectivity index (χ2v) is 4.24. The molecule has 0 aliphatic carbocycles. The van der Waals surface area contributed by atoms with Crippen molar-refractivity contribution in [3.63, 3.8) is 0 Å². The highest BCUT2D eigenvalue weighted by Crippen LogP contribution is 2.06. The molecule has 0 atom stereocenters. The molecular weight excluding hydrogens is 224 g/mol. The van der Waals surface area contributed by atoms with Gasteiger partial charge in [-0.2, -0.15) is 0 Å². The molecule has 1 amide bonds. The van der Waals surface area contributed by atoms with Crippen molar-refractivity contribution in [1.29, 1.82) is 0 Å². The number of nitrogens with zero attached hydrogens (tertiary/aromatic N) is 1.